The fourth-order valence-electron chi connectivity index (χ4n) is 4.49. The number of pyridine rings is 1. The molecule has 5 nitrogen and oxygen atoms in total. The molecule has 0 fully saturated rings. The van der Waals surface area contributed by atoms with Gasteiger partial charge in [-0.3, -0.25) is 14.1 Å². The van der Waals surface area contributed by atoms with Gasteiger partial charge in [0.15, 0.2) is 0 Å². The van der Waals surface area contributed by atoms with Crippen molar-refractivity contribution in [2.75, 3.05) is 19.6 Å². The number of aromatic nitrogens is 3. The first kappa shape index (κ1) is 18.8. The van der Waals surface area contributed by atoms with Crippen LogP contribution in [0, 0.1) is 13.8 Å². The van der Waals surface area contributed by atoms with Gasteiger partial charge in [0.1, 0.15) is 5.65 Å². The van der Waals surface area contributed by atoms with E-state index in [1.54, 1.807) is 4.40 Å². The first-order valence-electron chi connectivity index (χ1n) is 10.6. The van der Waals surface area contributed by atoms with Crippen LogP contribution < -0.4 is 5.56 Å². The number of hydrogen-bond acceptors (Lipinski definition) is 3. The van der Waals surface area contributed by atoms with Crippen LogP contribution in [0.1, 0.15) is 28.8 Å². The normalized spacial score (nSPS) is 15.1. The molecular weight excluding hydrogens is 372 g/mol. The molecule has 0 unspecified atom stereocenters. The maximum atomic E-state index is 13.0. The van der Waals surface area contributed by atoms with E-state index < -0.39 is 0 Å². The summed E-state index contributed by atoms with van der Waals surface area (Å²) in [7, 11) is 0. The maximum Gasteiger partial charge on any atom is 0.261 e. The van der Waals surface area contributed by atoms with Gasteiger partial charge >= 0.3 is 0 Å². The number of H-pyrrole nitrogens is 1. The molecule has 4 aromatic rings. The minimum Gasteiger partial charge on any atom is -0.361 e. The van der Waals surface area contributed by atoms with E-state index in [0.717, 1.165) is 54.9 Å². The predicted molar refractivity (Wildman–Crippen MR) is 122 cm³/mol. The highest BCUT2D eigenvalue weighted by atomic mass is 16.1. The number of hydrogen-bond donors (Lipinski definition) is 1. The molecule has 0 radical (unpaired) electrons. The zero-order valence-corrected chi connectivity index (χ0v) is 17.5. The summed E-state index contributed by atoms with van der Waals surface area (Å²) in [5, 5.41) is 1.29. The second-order valence-electron chi connectivity index (χ2n) is 8.14. The molecule has 30 heavy (non-hydrogen) atoms. The van der Waals surface area contributed by atoms with E-state index in [-0.39, 0.29) is 5.56 Å². The third-order valence-electron chi connectivity index (χ3n) is 6.26. The summed E-state index contributed by atoms with van der Waals surface area (Å²) in [6.45, 7) is 6.73. The van der Waals surface area contributed by atoms with E-state index in [9.17, 15) is 4.79 Å². The van der Waals surface area contributed by atoms with Crippen molar-refractivity contribution in [1.82, 2.24) is 19.3 Å². The third kappa shape index (κ3) is 3.25. The van der Waals surface area contributed by atoms with Crippen molar-refractivity contribution in [1.29, 1.82) is 0 Å². The lowest BCUT2D eigenvalue weighted by atomic mass is 9.98. The van der Waals surface area contributed by atoms with Crippen molar-refractivity contribution < 1.29 is 0 Å². The zero-order chi connectivity index (χ0) is 20.7. The molecule has 0 amide bonds. The molecule has 1 aliphatic rings. The van der Waals surface area contributed by atoms with Crippen molar-refractivity contribution in [2.24, 2.45) is 0 Å². The molecule has 0 bridgehead atoms. The number of nitrogens with one attached hydrogen (secondary N) is 1. The Morgan fingerprint density at radius 3 is 2.83 bits per heavy atom. The molecule has 5 rings (SSSR count). The summed E-state index contributed by atoms with van der Waals surface area (Å²) in [4.78, 5) is 23.5. The van der Waals surface area contributed by atoms with E-state index >= 15 is 0 Å². The van der Waals surface area contributed by atoms with Crippen molar-refractivity contribution in [3.63, 3.8) is 0 Å². The Balaban J connectivity index is 1.32. The van der Waals surface area contributed by atoms with Crippen LogP contribution in [0.2, 0.25) is 0 Å². The number of rotatable bonds is 4. The SMILES string of the molecule is Cc1nc2c(C)cccn2c(=O)c1CCN1CC=C(c2c[nH]c3ccccc23)CC1. The second-order valence-corrected chi connectivity index (χ2v) is 8.14. The van der Waals surface area contributed by atoms with Crippen molar-refractivity contribution in [3.8, 4) is 0 Å². The molecule has 3 aromatic heterocycles. The smallest absolute Gasteiger partial charge is 0.261 e. The van der Waals surface area contributed by atoms with Crippen LogP contribution in [0.3, 0.4) is 0 Å². The van der Waals surface area contributed by atoms with Gasteiger partial charge in [-0.2, -0.15) is 0 Å². The Morgan fingerprint density at radius 1 is 1.13 bits per heavy atom. The molecule has 0 atom stereocenters. The van der Waals surface area contributed by atoms with Gasteiger partial charge in [0.25, 0.3) is 5.56 Å². The van der Waals surface area contributed by atoms with Gasteiger partial charge in [0, 0.05) is 59.8 Å². The van der Waals surface area contributed by atoms with E-state index in [1.165, 1.54) is 22.0 Å². The average Bonchev–Trinajstić information content (AvgIpc) is 3.19. The topological polar surface area (TPSA) is 53.4 Å². The maximum absolute atomic E-state index is 13.0. The summed E-state index contributed by atoms with van der Waals surface area (Å²) in [5.74, 6) is 0. The number of nitrogens with zero attached hydrogens (tertiary/aromatic N) is 3. The largest absolute Gasteiger partial charge is 0.361 e. The molecule has 1 N–H and O–H groups in total. The van der Waals surface area contributed by atoms with Crippen LogP contribution in [0.15, 0.2) is 59.7 Å². The Morgan fingerprint density at radius 2 is 2.00 bits per heavy atom. The predicted octanol–water partition coefficient (Wildman–Crippen LogP) is 4.12. The highest BCUT2D eigenvalue weighted by molar-refractivity contribution is 5.92. The summed E-state index contributed by atoms with van der Waals surface area (Å²) >= 11 is 0. The van der Waals surface area contributed by atoms with Crippen molar-refractivity contribution in [3.05, 3.63) is 87.6 Å². The molecule has 152 valence electrons. The molecule has 5 heteroatoms. The number of fused-ring (bicyclic) bond motifs is 2. The number of aromatic amines is 1. The molecule has 0 spiro atoms. The summed E-state index contributed by atoms with van der Waals surface area (Å²) < 4.78 is 1.68. The minimum atomic E-state index is 0.0632. The van der Waals surface area contributed by atoms with Gasteiger partial charge in [-0.1, -0.05) is 30.3 Å². The molecule has 1 aromatic carbocycles. The van der Waals surface area contributed by atoms with Crippen molar-refractivity contribution >= 4 is 22.1 Å². The second kappa shape index (κ2) is 7.58. The van der Waals surface area contributed by atoms with Crippen LogP contribution in [-0.4, -0.2) is 38.9 Å². The van der Waals surface area contributed by atoms with Crippen molar-refractivity contribution in [2.45, 2.75) is 26.7 Å². The lowest BCUT2D eigenvalue weighted by Gasteiger charge is -2.26. The first-order valence-corrected chi connectivity index (χ1v) is 10.6. The Bertz CT molecular complexity index is 1330. The van der Waals surface area contributed by atoms with E-state index in [2.05, 4.69) is 46.4 Å². The Labute approximate surface area is 175 Å². The Hall–Kier alpha value is -3.18. The summed E-state index contributed by atoms with van der Waals surface area (Å²) in [6, 6.07) is 12.4. The lowest BCUT2D eigenvalue weighted by molar-refractivity contribution is 0.305. The number of benzene rings is 1. The standard InChI is InChI=1S/C25H26N4O/c1-17-6-5-12-29-24(17)27-18(2)20(25(29)30)11-15-28-13-9-19(10-14-28)22-16-26-23-8-4-3-7-21(22)23/h3-9,12,16,26H,10-11,13-15H2,1-2H3. The molecule has 0 saturated carbocycles. The van der Waals surface area contributed by atoms with Crippen LogP contribution in [0.25, 0.3) is 22.1 Å². The van der Waals surface area contributed by atoms with Gasteiger partial charge in [-0.25, -0.2) is 4.98 Å². The van der Waals surface area contributed by atoms with Gasteiger partial charge in [-0.15, -0.1) is 0 Å². The fourth-order valence-corrected chi connectivity index (χ4v) is 4.49. The van der Waals surface area contributed by atoms with E-state index in [4.69, 9.17) is 4.98 Å². The highest BCUT2D eigenvalue weighted by Gasteiger charge is 2.17. The number of para-hydroxylation sites is 1. The Kier molecular flexibility index (Phi) is 4.75. The highest BCUT2D eigenvalue weighted by Crippen LogP contribution is 2.29. The fraction of sp³-hybridized carbons (Fsp3) is 0.280. The summed E-state index contributed by atoms with van der Waals surface area (Å²) in [5.41, 5.74) is 7.42. The minimum absolute atomic E-state index is 0.0632. The van der Waals surface area contributed by atoms with Gasteiger partial charge in [-0.05, 0) is 50.0 Å². The van der Waals surface area contributed by atoms with Crippen LogP contribution >= 0.6 is 0 Å². The molecule has 0 saturated heterocycles. The molecule has 4 heterocycles. The molecule has 1 aliphatic heterocycles. The lowest BCUT2D eigenvalue weighted by Crippen LogP contribution is -2.32. The molecular formula is C25H26N4O. The van der Waals surface area contributed by atoms with Crippen LogP contribution in [0.5, 0.6) is 0 Å². The van der Waals surface area contributed by atoms with Gasteiger partial charge in [0.2, 0.25) is 0 Å². The van der Waals surface area contributed by atoms with Crippen LogP contribution in [-0.2, 0) is 6.42 Å². The first-order chi connectivity index (χ1) is 14.6. The average molecular weight is 399 g/mol. The van der Waals surface area contributed by atoms with Gasteiger partial charge < -0.3 is 4.98 Å². The van der Waals surface area contributed by atoms with Crippen LogP contribution in [0.4, 0.5) is 0 Å². The van der Waals surface area contributed by atoms with E-state index in [0.29, 0.717) is 0 Å². The molecule has 0 aliphatic carbocycles. The quantitative estimate of drug-likeness (QED) is 0.563. The third-order valence-corrected chi connectivity index (χ3v) is 6.26. The van der Waals surface area contributed by atoms with E-state index in [1.807, 2.05) is 32.2 Å². The zero-order valence-electron chi connectivity index (χ0n) is 17.5. The number of aryl methyl sites for hydroxylation is 2. The monoisotopic (exact) mass is 398 g/mol. The van der Waals surface area contributed by atoms with Gasteiger partial charge in [0.05, 0.1) is 0 Å². The summed E-state index contributed by atoms with van der Waals surface area (Å²) in [6.07, 6.45) is 8.03.